The van der Waals surface area contributed by atoms with E-state index in [-0.39, 0.29) is 6.07 Å². The van der Waals surface area contributed by atoms with Crippen LogP contribution in [0, 0.1) is 5.82 Å². The second-order valence-corrected chi connectivity index (χ2v) is 3.25. The summed E-state index contributed by atoms with van der Waals surface area (Å²) < 4.78 is 85.8. The van der Waals surface area contributed by atoms with Gasteiger partial charge in [-0.15, -0.1) is 0 Å². The number of halogens is 7. The van der Waals surface area contributed by atoms with Crippen LogP contribution in [-0.4, -0.2) is 6.18 Å². The van der Waals surface area contributed by atoms with Crippen molar-refractivity contribution in [3.63, 3.8) is 0 Å². The Kier molecular flexibility index (Phi) is 3.37. The van der Waals surface area contributed by atoms with Gasteiger partial charge >= 0.3 is 12.4 Å². The van der Waals surface area contributed by atoms with Crippen molar-refractivity contribution in [2.45, 2.75) is 18.4 Å². The number of benzene rings is 1. The molecule has 0 saturated heterocycles. The first-order valence-electron chi connectivity index (χ1n) is 4.22. The third-order valence-electron chi connectivity index (χ3n) is 2.02. The molecule has 1 unspecified atom stereocenters. The minimum absolute atomic E-state index is 0.0130. The lowest BCUT2D eigenvalue weighted by Gasteiger charge is -2.17. The average Bonchev–Trinajstić information content (AvgIpc) is 2.13. The Morgan fingerprint density at radius 1 is 1.00 bits per heavy atom. The van der Waals surface area contributed by atoms with Crippen molar-refractivity contribution in [1.29, 1.82) is 0 Å². The molecule has 0 aromatic heterocycles. The summed E-state index contributed by atoms with van der Waals surface area (Å²) in [5, 5.41) is 0. The topological polar surface area (TPSA) is 26.0 Å². The Balaban J connectivity index is 3.15. The van der Waals surface area contributed by atoms with Gasteiger partial charge in [-0.1, -0.05) is 6.07 Å². The molecule has 0 heterocycles. The summed E-state index contributed by atoms with van der Waals surface area (Å²) in [6, 6.07) is -1.92. The van der Waals surface area contributed by atoms with E-state index in [1.165, 1.54) is 0 Å². The van der Waals surface area contributed by atoms with Crippen molar-refractivity contribution >= 4 is 0 Å². The molecule has 0 amide bonds. The number of nitrogens with two attached hydrogens (primary N) is 1. The van der Waals surface area contributed by atoms with Crippen LogP contribution in [0.4, 0.5) is 30.7 Å². The zero-order valence-electron chi connectivity index (χ0n) is 8.03. The molecule has 1 atom stereocenters. The Morgan fingerprint density at radius 3 is 1.88 bits per heavy atom. The normalized spacial score (nSPS) is 14.8. The molecular weight excluding hydrogens is 255 g/mol. The van der Waals surface area contributed by atoms with Gasteiger partial charge in [0.2, 0.25) is 0 Å². The highest BCUT2D eigenvalue weighted by Gasteiger charge is 2.40. The van der Waals surface area contributed by atoms with Gasteiger partial charge in [-0.05, 0) is 12.1 Å². The third kappa shape index (κ3) is 3.09. The summed E-state index contributed by atoms with van der Waals surface area (Å²) >= 11 is 0. The van der Waals surface area contributed by atoms with Crippen LogP contribution in [0.5, 0.6) is 0 Å². The average molecular weight is 261 g/mol. The maximum atomic E-state index is 13.1. The molecule has 0 bridgehead atoms. The molecule has 0 aliphatic carbocycles. The minimum atomic E-state index is -4.92. The molecule has 0 aliphatic heterocycles. The van der Waals surface area contributed by atoms with Crippen molar-refractivity contribution in [2.24, 2.45) is 5.73 Å². The first-order valence-corrected chi connectivity index (χ1v) is 4.22. The minimum Gasteiger partial charge on any atom is -0.316 e. The first-order chi connectivity index (χ1) is 7.53. The Bertz CT molecular complexity index is 407. The van der Waals surface area contributed by atoms with E-state index in [0.29, 0.717) is 12.1 Å². The van der Waals surface area contributed by atoms with Gasteiger partial charge in [0.15, 0.2) is 0 Å². The summed E-state index contributed by atoms with van der Waals surface area (Å²) in [6.45, 7) is 0. The maximum Gasteiger partial charge on any atom is 0.416 e. The second kappa shape index (κ2) is 4.17. The van der Waals surface area contributed by atoms with Crippen LogP contribution >= 0.6 is 0 Å². The van der Waals surface area contributed by atoms with Crippen molar-refractivity contribution in [2.75, 3.05) is 0 Å². The van der Waals surface area contributed by atoms with Gasteiger partial charge in [0.05, 0.1) is 5.56 Å². The predicted molar refractivity (Wildman–Crippen MR) is 44.4 cm³/mol. The molecular formula is C9H6F7N. The largest absolute Gasteiger partial charge is 0.416 e. The van der Waals surface area contributed by atoms with E-state index in [4.69, 9.17) is 0 Å². The van der Waals surface area contributed by atoms with Crippen LogP contribution in [0.2, 0.25) is 0 Å². The van der Waals surface area contributed by atoms with Crippen molar-refractivity contribution < 1.29 is 30.7 Å². The fourth-order valence-corrected chi connectivity index (χ4v) is 1.13. The van der Waals surface area contributed by atoms with E-state index >= 15 is 0 Å². The molecule has 17 heavy (non-hydrogen) atoms. The molecule has 0 fully saturated rings. The smallest absolute Gasteiger partial charge is 0.316 e. The highest BCUT2D eigenvalue weighted by atomic mass is 19.4. The lowest BCUT2D eigenvalue weighted by atomic mass is 10.0. The third-order valence-corrected chi connectivity index (χ3v) is 2.02. The fourth-order valence-electron chi connectivity index (χ4n) is 1.13. The molecule has 1 aromatic rings. The van der Waals surface area contributed by atoms with E-state index < -0.39 is 35.3 Å². The van der Waals surface area contributed by atoms with Gasteiger partial charge in [0.25, 0.3) is 0 Å². The molecule has 0 aliphatic rings. The number of hydrogen-bond acceptors (Lipinski definition) is 1. The lowest BCUT2D eigenvalue weighted by molar-refractivity contribution is -0.149. The van der Waals surface area contributed by atoms with Crippen LogP contribution < -0.4 is 5.73 Å². The molecule has 0 radical (unpaired) electrons. The fraction of sp³-hybridized carbons (Fsp3) is 0.333. The molecule has 2 N–H and O–H groups in total. The lowest BCUT2D eigenvalue weighted by Crippen LogP contribution is -2.29. The maximum absolute atomic E-state index is 13.1. The Labute approximate surface area is 91.0 Å². The summed E-state index contributed by atoms with van der Waals surface area (Å²) in [5.41, 5.74) is 2.30. The predicted octanol–water partition coefficient (Wildman–Crippen LogP) is 3.41. The molecule has 1 aromatic carbocycles. The highest BCUT2D eigenvalue weighted by molar-refractivity contribution is 5.29. The summed E-state index contributed by atoms with van der Waals surface area (Å²) in [4.78, 5) is 0. The van der Waals surface area contributed by atoms with E-state index in [1.54, 1.807) is 0 Å². The van der Waals surface area contributed by atoms with Gasteiger partial charge in [-0.3, -0.25) is 0 Å². The Hall–Kier alpha value is -1.31. The van der Waals surface area contributed by atoms with E-state index in [9.17, 15) is 30.7 Å². The van der Waals surface area contributed by atoms with Crippen molar-refractivity contribution in [3.05, 3.63) is 35.1 Å². The summed E-state index contributed by atoms with van der Waals surface area (Å²) in [6.07, 6.45) is -9.73. The van der Waals surface area contributed by atoms with Crippen LogP contribution in [0.15, 0.2) is 18.2 Å². The van der Waals surface area contributed by atoms with Crippen LogP contribution in [0.25, 0.3) is 0 Å². The monoisotopic (exact) mass is 261 g/mol. The SMILES string of the molecule is NC(c1ccc(C(F)(F)F)cc1F)C(F)(F)F. The zero-order valence-corrected chi connectivity index (χ0v) is 8.03. The van der Waals surface area contributed by atoms with Gasteiger partial charge in [0.1, 0.15) is 11.9 Å². The first kappa shape index (κ1) is 13.8. The standard InChI is InChI=1S/C9H6F7N/c10-6-3-4(8(11,12)13)1-2-5(6)7(17)9(14,15)16/h1-3,7H,17H2. The number of alkyl halides is 6. The molecule has 1 rings (SSSR count). The zero-order chi connectivity index (χ0) is 13.4. The highest BCUT2D eigenvalue weighted by Crippen LogP contribution is 2.35. The van der Waals surface area contributed by atoms with E-state index in [0.717, 1.165) is 0 Å². The second-order valence-electron chi connectivity index (χ2n) is 3.25. The summed E-state index contributed by atoms with van der Waals surface area (Å²) in [5.74, 6) is -1.63. The molecule has 8 heteroatoms. The molecule has 96 valence electrons. The van der Waals surface area contributed by atoms with E-state index in [1.807, 2.05) is 0 Å². The molecule has 1 nitrogen and oxygen atoms in total. The van der Waals surface area contributed by atoms with Crippen molar-refractivity contribution in [1.82, 2.24) is 0 Å². The van der Waals surface area contributed by atoms with Crippen LogP contribution in [-0.2, 0) is 6.18 Å². The van der Waals surface area contributed by atoms with Crippen LogP contribution in [0.3, 0.4) is 0 Å². The van der Waals surface area contributed by atoms with Crippen LogP contribution in [0.1, 0.15) is 17.2 Å². The van der Waals surface area contributed by atoms with Crippen molar-refractivity contribution in [3.8, 4) is 0 Å². The van der Waals surface area contributed by atoms with E-state index in [2.05, 4.69) is 5.73 Å². The number of hydrogen-bond donors (Lipinski definition) is 1. The Morgan fingerprint density at radius 2 is 1.53 bits per heavy atom. The molecule has 0 saturated carbocycles. The van der Waals surface area contributed by atoms with Gasteiger partial charge < -0.3 is 5.73 Å². The molecule has 0 spiro atoms. The van der Waals surface area contributed by atoms with Gasteiger partial charge in [-0.2, -0.15) is 26.3 Å². The van der Waals surface area contributed by atoms with Gasteiger partial charge in [0, 0.05) is 5.56 Å². The summed E-state index contributed by atoms with van der Waals surface area (Å²) in [7, 11) is 0. The quantitative estimate of drug-likeness (QED) is 0.770. The van der Waals surface area contributed by atoms with Gasteiger partial charge in [-0.25, -0.2) is 4.39 Å². The number of rotatable bonds is 1.